The first kappa shape index (κ1) is 13.6. The van der Waals surface area contributed by atoms with Gasteiger partial charge in [-0.15, -0.1) is 0 Å². The van der Waals surface area contributed by atoms with Crippen LogP contribution in [0.4, 0.5) is 0 Å². The molecular weight excluding hydrogens is 244 g/mol. The van der Waals surface area contributed by atoms with E-state index in [1.165, 1.54) is 7.05 Å². The highest BCUT2D eigenvalue weighted by Crippen LogP contribution is 2.11. The minimum atomic E-state index is -0.319. The van der Waals surface area contributed by atoms with E-state index in [0.29, 0.717) is 29.5 Å². The molecule has 0 saturated carbocycles. The lowest BCUT2D eigenvalue weighted by Gasteiger charge is -2.13. The average molecular weight is 264 g/mol. The van der Waals surface area contributed by atoms with E-state index in [0.717, 1.165) is 17.4 Å². The molecule has 0 amide bonds. The van der Waals surface area contributed by atoms with Gasteiger partial charge in [0.05, 0.1) is 0 Å². The number of aromatic nitrogens is 4. The van der Waals surface area contributed by atoms with Crippen LogP contribution in [0, 0.1) is 12.8 Å². The number of hydrogen-bond acceptors (Lipinski definition) is 3. The van der Waals surface area contributed by atoms with Crippen molar-refractivity contribution < 1.29 is 0 Å². The molecule has 6 heteroatoms. The van der Waals surface area contributed by atoms with Gasteiger partial charge in [-0.2, -0.15) is 0 Å². The number of fused-ring (bicyclic) bond motifs is 1. The quantitative estimate of drug-likeness (QED) is 0.901. The number of H-pyrrole nitrogens is 1. The summed E-state index contributed by atoms with van der Waals surface area (Å²) in [6, 6.07) is 0. The van der Waals surface area contributed by atoms with E-state index >= 15 is 0 Å². The average Bonchev–Trinajstić information content (AvgIpc) is 2.74. The number of aromatic amines is 1. The Morgan fingerprint density at radius 2 is 2.05 bits per heavy atom. The van der Waals surface area contributed by atoms with Crippen LogP contribution in [0.3, 0.4) is 0 Å². The fourth-order valence-electron chi connectivity index (χ4n) is 2.41. The normalized spacial score (nSPS) is 13.1. The number of rotatable bonds is 4. The maximum absolute atomic E-state index is 12.2. The fourth-order valence-corrected chi connectivity index (χ4v) is 2.41. The molecule has 0 aliphatic carbocycles. The topological polar surface area (TPSA) is 72.7 Å². The maximum Gasteiger partial charge on any atom is 0.332 e. The second kappa shape index (κ2) is 5.03. The number of hydrogen-bond donors (Lipinski definition) is 1. The van der Waals surface area contributed by atoms with Crippen molar-refractivity contribution in [1.29, 1.82) is 0 Å². The van der Waals surface area contributed by atoms with E-state index in [2.05, 4.69) is 23.8 Å². The van der Waals surface area contributed by atoms with Crippen molar-refractivity contribution in [2.24, 2.45) is 13.0 Å². The summed E-state index contributed by atoms with van der Waals surface area (Å²) in [5.74, 6) is 1.02. The zero-order valence-electron chi connectivity index (χ0n) is 11.9. The first-order valence-electron chi connectivity index (χ1n) is 6.61. The van der Waals surface area contributed by atoms with Gasteiger partial charge in [-0.25, -0.2) is 9.78 Å². The predicted octanol–water partition coefficient (Wildman–Crippen LogP) is 1.17. The molecule has 0 aromatic carbocycles. The standard InChI is InChI=1S/C13H20N4O2/c1-5-6-8(2)7-17-11-10(14-9(3)15-11)12(18)16(4)13(17)19/h8H,5-7H2,1-4H3,(H,14,15). The second-order valence-electron chi connectivity index (χ2n) is 5.17. The van der Waals surface area contributed by atoms with Crippen molar-refractivity contribution >= 4 is 11.2 Å². The van der Waals surface area contributed by atoms with Crippen molar-refractivity contribution in [2.45, 2.75) is 40.2 Å². The summed E-state index contributed by atoms with van der Waals surface area (Å²) in [6.45, 7) is 6.59. The van der Waals surface area contributed by atoms with E-state index in [-0.39, 0.29) is 11.2 Å². The minimum Gasteiger partial charge on any atom is -0.336 e. The first-order valence-corrected chi connectivity index (χ1v) is 6.61. The lowest BCUT2D eigenvalue weighted by Crippen LogP contribution is -2.39. The third-order valence-corrected chi connectivity index (χ3v) is 3.37. The summed E-state index contributed by atoms with van der Waals surface area (Å²) in [6.07, 6.45) is 2.12. The monoisotopic (exact) mass is 264 g/mol. The third kappa shape index (κ3) is 2.34. The van der Waals surface area contributed by atoms with Gasteiger partial charge in [-0.05, 0) is 19.3 Å². The fraction of sp³-hybridized carbons (Fsp3) is 0.615. The molecule has 104 valence electrons. The summed E-state index contributed by atoms with van der Waals surface area (Å²) in [4.78, 5) is 31.4. The van der Waals surface area contributed by atoms with Crippen LogP contribution in [0.5, 0.6) is 0 Å². The zero-order valence-corrected chi connectivity index (χ0v) is 11.9. The highest BCUT2D eigenvalue weighted by atomic mass is 16.2. The molecule has 1 atom stereocenters. The van der Waals surface area contributed by atoms with E-state index in [9.17, 15) is 9.59 Å². The predicted molar refractivity (Wildman–Crippen MR) is 74.4 cm³/mol. The Kier molecular flexibility index (Phi) is 3.59. The van der Waals surface area contributed by atoms with Gasteiger partial charge in [-0.1, -0.05) is 20.3 Å². The Balaban J connectivity index is 2.65. The molecule has 0 aliphatic rings. The number of aryl methyl sites for hydroxylation is 1. The summed E-state index contributed by atoms with van der Waals surface area (Å²) in [7, 11) is 1.50. The highest BCUT2D eigenvalue weighted by molar-refractivity contribution is 5.69. The number of imidazole rings is 1. The largest absolute Gasteiger partial charge is 0.336 e. The molecule has 19 heavy (non-hydrogen) atoms. The van der Waals surface area contributed by atoms with Gasteiger partial charge in [0.1, 0.15) is 11.3 Å². The molecule has 6 nitrogen and oxygen atoms in total. The van der Waals surface area contributed by atoms with Crippen molar-refractivity contribution in [2.75, 3.05) is 0 Å². The van der Waals surface area contributed by atoms with Gasteiger partial charge >= 0.3 is 5.69 Å². The van der Waals surface area contributed by atoms with Gasteiger partial charge in [0.25, 0.3) is 5.56 Å². The molecule has 0 radical (unpaired) electrons. The SMILES string of the molecule is CCCC(C)Cn1c(=O)n(C)c(=O)c2[nH]c(C)nc21. The Labute approximate surface area is 111 Å². The molecule has 0 fully saturated rings. The van der Waals surface area contributed by atoms with Crippen LogP contribution >= 0.6 is 0 Å². The molecule has 0 spiro atoms. The van der Waals surface area contributed by atoms with Crippen LogP contribution in [0.15, 0.2) is 9.59 Å². The molecule has 2 aromatic heterocycles. The lowest BCUT2D eigenvalue weighted by atomic mass is 10.1. The van der Waals surface area contributed by atoms with E-state index < -0.39 is 0 Å². The summed E-state index contributed by atoms with van der Waals surface area (Å²) < 4.78 is 2.74. The Bertz CT molecular complexity index is 708. The molecule has 0 bridgehead atoms. The van der Waals surface area contributed by atoms with E-state index in [4.69, 9.17) is 0 Å². The molecule has 0 saturated heterocycles. The second-order valence-corrected chi connectivity index (χ2v) is 5.17. The van der Waals surface area contributed by atoms with Gasteiger partial charge in [0.2, 0.25) is 0 Å². The Hall–Kier alpha value is -1.85. The summed E-state index contributed by atoms with van der Waals surface area (Å²) in [5, 5.41) is 0. The molecule has 2 aromatic rings. The lowest BCUT2D eigenvalue weighted by molar-refractivity contribution is 0.434. The Morgan fingerprint density at radius 1 is 1.37 bits per heavy atom. The van der Waals surface area contributed by atoms with Crippen molar-refractivity contribution in [3.63, 3.8) is 0 Å². The van der Waals surface area contributed by atoms with Gasteiger partial charge in [0, 0.05) is 13.6 Å². The van der Waals surface area contributed by atoms with Gasteiger partial charge in [-0.3, -0.25) is 13.9 Å². The third-order valence-electron chi connectivity index (χ3n) is 3.37. The molecule has 2 rings (SSSR count). The molecular formula is C13H20N4O2. The van der Waals surface area contributed by atoms with Crippen molar-refractivity contribution in [3.8, 4) is 0 Å². The van der Waals surface area contributed by atoms with Crippen molar-refractivity contribution in [3.05, 3.63) is 26.7 Å². The Morgan fingerprint density at radius 3 is 2.68 bits per heavy atom. The van der Waals surface area contributed by atoms with E-state index in [1.807, 2.05) is 0 Å². The molecule has 1 unspecified atom stereocenters. The molecule has 1 N–H and O–H groups in total. The van der Waals surface area contributed by atoms with E-state index in [1.54, 1.807) is 11.5 Å². The van der Waals surface area contributed by atoms with Crippen LogP contribution in [0.2, 0.25) is 0 Å². The smallest absolute Gasteiger partial charge is 0.332 e. The summed E-state index contributed by atoms with van der Waals surface area (Å²) >= 11 is 0. The van der Waals surface area contributed by atoms with Crippen LogP contribution in [0.1, 0.15) is 32.5 Å². The number of nitrogens with one attached hydrogen (secondary N) is 1. The maximum atomic E-state index is 12.2. The first-order chi connectivity index (χ1) is 8.95. The minimum absolute atomic E-state index is 0.299. The van der Waals surface area contributed by atoms with Crippen LogP contribution in [-0.2, 0) is 13.6 Å². The van der Waals surface area contributed by atoms with Crippen LogP contribution in [0.25, 0.3) is 11.2 Å². The highest BCUT2D eigenvalue weighted by Gasteiger charge is 2.15. The number of nitrogens with zero attached hydrogens (tertiary/aromatic N) is 3. The van der Waals surface area contributed by atoms with Gasteiger partial charge in [0.15, 0.2) is 5.65 Å². The van der Waals surface area contributed by atoms with Crippen LogP contribution in [-0.4, -0.2) is 19.1 Å². The van der Waals surface area contributed by atoms with Crippen molar-refractivity contribution in [1.82, 2.24) is 19.1 Å². The van der Waals surface area contributed by atoms with Crippen LogP contribution < -0.4 is 11.2 Å². The van der Waals surface area contributed by atoms with Gasteiger partial charge < -0.3 is 4.98 Å². The zero-order chi connectivity index (χ0) is 14.2. The molecule has 2 heterocycles. The molecule has 0 aliphatic heterocycles. The summed E-state index contributed by atoms with van der Waals surface area (Å²) in [5.41, 5.74) is 0.254.